The summed E-state index contributed by atoms with van der Waals surface area (Å²) < 4.78 is 0.681. The van der Waals surface area contributed by atoms with Crippen molar-refractivity contribution < 1.29 is 14.7 Å². The third-order valence-electron chi connectivity index (χ3n) is 3.55. The standard InChI is InChI=1S/C13H16ClNO3S/c1-7(10-5-6-11(14)19-10)15-12(16)8-3-2-4-9(8)13(17)18/h5-9H,2-4H2,1H3,(H,15,16)(H,17,18)/t7?,8-,9+/m1/s1. The molecule has 0 bridgehead atoms. The number of halogens is 1. The van der Waals surface area contributed by atoms with Gasteiger partial charge in [-0.2, -0.15) is 0 Å². The predicted molar refractivity (Wildman–Crippen MR) is 74.4 cm³/mol. The fourth-order valence-electron chi connectivity index (χ4n) is 2.52. The summed E-state index contributed by atoms with van der Waals surface area (Å²) in [5.41, 5.74) is 0. The summed E-state index contributed by atoms with van der Waals surface area (Å²) in [5, 5.41) is 12.0. The maximum atomic E-state index is 12.1. The molecule has 0 saturated heterocycles. The van der Waals surface area contributed by atoms with Crippen molar-refractivity contribution in [2.24, 2.45) is 11.8 Å². The second kappa shape index (κ2) is 5.92. The zero-order chi connectivity index (χ0) is 14.0. The molecule has 1 saturated carbocycles. The van der Waals surface area contributed by atoms with Gasteiger partial charge in [0.05, 0.1) is 22.2 Å². The first-order valence-corrected chi connectivity index (χ1v) is 7.47. The van der Waals surface area contributed by atoms with Gasteiger partial charge >= 0.3 is 5.97 Å². The first kappa shape index (κ1) is 14.3. The zero-order valence-electron chi connectivity index (χ0n) is 10.6. The average molecular weight is 302 g/mol. The Kier molecular flexibility index (Phi) is 4.47. The van der Waals surface area contributed by atoms with Crippen LogP contribution in [-0.4, -0.2) is 17.0 Å². The fraction of sp³-hybridized carbons (Fsp3) is 0.538. The molecule has 1 unspecified atom stereocenters. The van der Waals surface area contributed by atoms with E-state index in [0.717, 1.165) is 11.3 Å². The number of thiophene rings is 1. The summed E-state index contributed by atoms with van der Waals surface area (Å²) in [6.07, 6.45) is 2.04. The number of hydrogen-bond acceptors (Lipinski definition) is 3. The Balaban J connectivity index is 1.99. The van der Waals surface area contributed by atoms with E-state index >= 15 is 0 Å². The first-order chi connectivity index (χ1) is 8.99. The molecule has 1 aliphatic carbocycles. The van der Waals surface area contributed by atoms with Gasteiger partial charge in [0.2, 0.25) is 5.91 Å². The molecule has 0 radical (unpaired) electrons. The van der Waals surface area contributed by atoms with Crippen molar-refractivity contribution in [3.8, 4) is 0 Å². The normalized spacial score (nSPS) is 24.1. The molecule has 1 fully saturated rings. The number of nitrogens with one attached hydrogen (secondary N) is 1. The van der Waals surface area contributed by atoms with Crippen molar-refractivity contribution in [2.75, 3.05) is 0 Å². The lowest BCUT2D eigenvalue weighted by atomic mass is 9.95. The molecule has 0 aliphatic heterocycles. The summed E-state index contributed by atoms with van der Waals surface area (Å²) in [6, 6.07) is 3.53. The molecular weight excluding hydrogens is 286 g/mol. The van der Waals surface area contributed by atoms with Gasteiger partial charge in [0.25, 0.3) is 0 Å². The first-order valence-electron chi connectivity index (χ1n) is 6.27. The summed E-state index contributed by atoms with van der Waals surface area (Å²) in [4.78, 5) is 24.2. The van der Waals surface area contributed by atoms with Crippen molar-refractivity contribution in [3.05, 3.63) is 21.3 Å². The highest BCUT2D eigenvalue weighted by Gasteiger charge is 2.38. The minimum absolute atomic E-state index is 0.139. The number of carbonyl (C=O) groups is 2. The number of carboxylic acid groups (broad SMARTS) is 1. The predicted octanol–water partition coefficient (Wildman–Crippen LogP) is 3.08. The van der Waals surface area contributed by atoms with Crippen LogP contribution < -0.4 is 5.32 Å². The van der Waals surface area contributed by atoms with Crippen molar-refractivity contribution in [1.82, 2.24) is 5.32 Å². The highest BCUT2D eigenvalue weighted by molar-refractivity contribution is 7.16. The van der Waals surface area contributed by atoms with Gasteiger partial charge in [-0.25, -0.2) is 0 Å². The minimum Gasteiger partial charge on any atom is -0.481 e. The van der Waals surface area contributed by atoms with E-state index in [1.165, 1.54) is 11.3 Å². The number of amides is 1. The molecule has 1 heterocycles. The Hall–Kier alpha value is -1.07. The van der Waals surface area contributed by atoms with Gasteiger partial charge in [0, 0.05) is 4.88 Å². The van der Waals surface area contributed by atoms with Crippen LogP contribution in [0.5, 0.6) is 0 Å². The zero-order valence-corrected chi connectivity index (χ0v) is 12.1. The Bertz CT molecular complexity index is 488. The molecule has 3 atom stereocenters. The molecule has 2 N–H and O–H groups in total. The van der Waals surface area contributed by atoms with Crippen LogP contribution in [0.1, 0.15) is 37.1 Å². The Morgan fingerprint density at radius 2 is 2.11 bits per heavy atom. The van der Waals surface area contributed by atoms with Crippen LogP contribution in [0.15, 0.2) is 12.1 Å². The number of rotatable bonds is 4. The van der Waals surface area contributed by atoms with E-state index in [1.807, 2.05) is 13.0 Å². The summed E-state index contributed by atoms with van der Waals surface area (Å²) in [7, 11) is 0. The van der Waals surface area contributed by atoms with Gasteiger partial charge in [0.1, 0.15) is 0 Å². The average Bonchev–Trinajstić information content (AvgIpc) is 2.96. The lowest BCUT2D eigenvalue weighted by molar-refractivity contribution is -0.146. The lowest BCUT2D eigenvalue weighted by Gasteiger charge is -2.19. The molecule has 4 nitrogen and oxygen atoms in total. The van der Waals surface area contributed by atoms with E-state index in [9.17, 15) is 9.59 Å². The van der Waals surface area contributed by atoms with Crippen molar-refractivity contribution in [2.45, 2.75) is 32.2 Å². The SMILES string of the molecule is CC(NC(=O)[C@@H]1CCC[C@@H]1C(=O)O)c1ccc(Cl)s1. The van der Waals surface area contributed by atoms with Crippen LogP contribution in [-0.2, 0) is 9.59 Å². The molecule has 1 amide bonds. The molecule has 19 heavy (non-hydrogen) atoms. The molecule has 104 valence electrons. The molecule has 1 aliphatic rings. The smallest absolute Gasteiger partial charge is 0.307 e. The van der Waals surface area contributed by atoms with Crippen molar-refractivity contribution >= 4 is 34.8 Å². The van der Waals surface area contributed by atoms with E-state index in [4.69, 9.17) is 16.7 Å². The van der Waals surface area contributed by atoms with E-state index in [-0.39, 0.29) is 11.9 Å². The van der Waals surface area contributed by atoms with E-state index in [0.29, 0.717) is 17.2 Å². The summed E-state index contributed by atoms with van der Waals surface area (Å²) in [5.74, 6) is -1.99. The maximum absolute atomic E-state index is 12.1. The number of carboxylic acids is 1. The summed E-state index contributed by atoms with van der Waals surface area (Å²) in [6.45, 7) is 1.88. The molecule has 1 aromatic heterocycles. The van der Waals surface area contributed by atoms with Gasteiger partial charge in [-0.1, -0.05) is 18.0 Å². The van der Waals surface area contributed by atoms with Crippen LogP contribution in [0.3, 0.4) is 0 Å². The van der Waals surface area contributed by atoms with Crippen LogP contribution >= 0.6 is 22.9 Å². The number of hydrogen-bond donors (Lipinski definition) is 2. The van der Waals surface area contributed by atoms with Crippen LogP contribution in [0, 0.1) is 11.8 Å². The molecule has 0 aromatic carbocycles. The van der Waals surface area contributed by atoms with Gasteiger partial charge in [-0.3, -0.25) is 9.59 Å². The number of aliphatic carboxylic acids is 1. The van der Waals surface area contributed by atoms with Gasteiger partial charge in [-0.05, 0) is 31.9 Å². The second-order valence-corrected chi connectivity index (χ2v) is 6.60. The van der Waals surface area contributed by atoms with Gasteiger partial charge in [0.15, 0.2) is 0 Å². The van der Waals surface area contributed by atoms with Crippen LogP contribution in [0.4, 0.5) is 0 Å². The quantitative estimate of drug-likeness (QED) is 0.898. The monoisotopic (exact) mass is 301 g/mol. The highest BCUT2D eigenvalue weighted by atomic mass is 35.5. The Labute approximate surface area is 120 Å². The minimum atomic E-state index is -0.871. The Morgan fingerprint density at radius 3 is 2.68 bits per heavy atom. The fourth-order valence-corrected chi connectivity index (χ4v) is 3.59. The van der Waals surface area contributed by atoms with E-state index < -0.39 is 17.8 Å². The summed E-state index contributed by atoms with van der Waals surface area (Å²) >= 11 is 7.28. The topological polar surface area (TPSA) is 66.4 Å². The van der Waals surface area contributed by atoms with Gasteiger partial charge < -0.3 is 10.4 Å². The molecule has 2 rings (SSSR count). The second-order valence-electron chi connectivity index (χ2n) is 4.85. The van der Waals surface area contributed by atoms with Gasteiger partial charge in [-0.15, -0.1) is 11.3 Å². The maximum Gasteiger partial charge on any atom is 0.307 e. The Morgan fingerprint density at radius 1 is 1.42 bits per heavy atom. The molecule has 6 heteroatoms. The van der Waals surface area contributed by atoms with Crippen LogP contribution in [0.2, 0.25) is 4.34 Å². The van der Waals surface area contributed by atoms with Crippen molar-refractivity contribution in [3.63, 3.8) is 0 Å². The highest BCUT2D eigenvalue weighted by Crippen LogP contribution is 2.33. The van der Waals surface area contributed by atoms with Crippen molar-refractivity contribution in [1.29, 1.82) is 0 Å². The largest absolute Gasteiger partial charge is 0.481 e. The number of carbonyl (C=O) groups excluding carboxylic acids is 1. The van der Waals surface area contributed by atoms with E-state index in [2.05, 4.69) is 5.32 Å². The molecule has 0 spiro atoms. The third-order valence-corrected chi connectivity index (χ3v) is 4.96. The molecular formula is C13H16ClNO3S. The lowest BCUT2D eigenvalue weighted by Crippen LogP contribution is -2.36. The van der Waals surface area contributed by atoms with Crippen LogP contribution in [0.25, 0.3) is 0 Å². The van der Waals surface area contributed by atoms with E-state index in [1.54, 1.807) is 6.07 Å². The third kappa shape index (κ3) is 3.28. The molecule has 1 aromatic rings.